The summed E-state index contributed by atoms with van der Waals surface area (Å²) in [5.74, 6) is -0.292. The van der Waals surface area contributed by atoms with Gasteiger partial charge in [0.2, 0.25) is 0 Å². The molecule has 2 rings (SSSR count). The van der Waals surface area contributed by atoms with Crippen LogP contribution in [0.5, 0.6) is 5.75 Å². The van der Waals surface area contributed by atoms with Gasteiger partial charge in [0.05, 0.1) is 18.2 Å². The Morgan fingerprint density at radius 2 is 1.80 bits per heavy atom. The van der Waals surface area contributed by atoms with Gasteiger partial charge < -0.3 is 10.2 Å². The lowest BCUT2D eigenvalue weighted by Crippen LogP contribution is -2.43. The lowest BCUT2D eigenvalue weighted by molar-refractivity contribution is 0.0793. The topological polar surface area (TPSA) is 60.8 Å². The van der Waals surface area contributed by atoms with Crippen molar-refractivity contribution in [3.63, 3.8) is 0 Å². The van der Waals surface area contributed by atoms with Crippen molar-refractivity contribution < 1.29 is 15.0 Å². The number of halogens is 1. The molecule has 0 saturated heterocycles. The van der Waals surface area contributed by atoms with Crippen LogP contribution < -0.4 is 0 Å². The Kier molecular flexibility index (Phi) is 6.22. The first-order valence-electron chi connectivity index (χ1n) is 8.17. The number of aromatic hydroxyl groups is 1. The van der Waals surface area contributed by atoms with Crippen molar-refractivity contribution in [3.05, 3.63) is 64.2 Å². The van der Waals surface area contributed by atoms with Gasteiger partial charge in [-0.25, -0.2) is 0 Å². The van der Waals surface area contributed by atoms with E-state index in [0.29, 0.717) is 12.1 Å². The third-order valence-electron chi connectivity index (χ3n) is 4.13. The third-order valence-corrected chi connectivity index (χ3v) is 4.42. The molecular formula is C20H24ClNO3. The Morgan fingerprint density at radius 3 is 2.36 bits per heavy atom. The second-order valence-electron chi connectivity index (χ2n) is 7.06. The van der Waals surface area contributed by atoms with Crippen LogP contribution in [0.2, 0.25) is 5.02 Å². The minimum absolute atomic E-state index is 0.0697. The predicted molar refractivity (Wildman–Crippen MR) is 100.0 cm³/mol. The molecule has 0 spiro atoms. The van der Waals surface area contributed by atoms with E-state index in [-0.39, 0.29) is 40.8 Å². The summed E-state index contributed by atoms with van der Waals surface area (Å²) >= 11 is 5.97. The maximum atomic E-state index is 12.8. The molecule has 25 heavy (non-hydrogen) atoms. The Hall–Kier alpha value is -1.88. The van der Waals surface area contributed by atoms with E-state index in [0.717, 1.165) is 5.56 Å². The van der Waals surface area contributed by atoms with Gasteiger partial charge in [-0.05, 0) is 38.5 Å². The van der Waals surface area contributed by atoms with Crippen LogP contribution >= 0.6 is 11.6 Å². The zero-order valence-corrected chi connectivity index (χ0v) is 15.5. The number of hydrogen-bond donors (Lipinski definition) is 2. The summed E-state index contributed by atoms with van der Waals surface area (Å²) in [5.41, 5.74) is 1.56. The molecule has 2 aromatic rings. The van der Waals surface area contributed by atoms with E-state index in [9.17, 15) is 15.0 Å². The highest BCUT2D eigenvalue weighted by molar-refractivity contribution is 6.32. The highest BCUT2D eigenvalue weighted by Gasteiger charge is 2.25. The zero-order chi connectivity index (χ0) is 18.6. The summed E-state index contributed by atoms with van der Waals surface area (Å²) in [4.78, 5) is 14.8. The van der Waals surface area contributed by atoms with Crippen LogP contribution in [0.15, 0.2) is 42.5 Å². The van der Waals surface area contributed by atoms with Crippen molar-refractivity contribution >= 4 is 17.4 Å². The van der Waals surface area contributed by atoms with E-state index in [1.165, 1.54) is 12.1 Å². The molecule has 0 unspecified atom stereocenters. The second kappa shape index (κ2) is 8.00. The third kappa shape index (κ3) is 5.05. The molecule has 5 heteroatoms. The molecule has 0 aliphatic carbocycles. The van der Waals surface area contributed by atoms with Crippen molar-refractivity contribution in [2.24, 2.45) is 0 Å². The van der Waals surface area contributed by atoms with E-state index in [2.05, 4.69) is 25.7 Å². The quantitative estimate of drug-likeness (QED) is 0.763. The first-order chi connectivity index (χ1) is 11.7. The number of Topliss-reactive ketones (excluding diaryl/α,β-unsaturated/α-hetero) is 1. The zero-order valence-electron chi connectivity index (χ0n) is 14.8. The Labute approximate surface area is 153 Å². The number of hydrogen-bond acceptors (Lipinski definition) is 4. The average molecular weight is 362 g/mol. The first kappa shape index (κ1) is 19.4. The number of aliphatic hydroxyl groups is 1. The molecule has 0 atom stereocenters. The van der Waals surface area contributed by atoms with Gasteiger partial charge in [-0.3, -0.25) is 9.69 Å². The summed E-state index contributed by atoms with van der Waals surface area (Å²) < 4.78 is 0. The van der Waals surface area contributed by atoms with E-state index in [4.69, 9.17) is 11.6 Å². The van der Waals surface area contributed by atoms with E-state index < -0.39 is 0 Å². The van der Waals surface area contributed by atoms with Crippen LogP contribution in [-0.2, 0) is 13.2 Å². The minimum atomic E-state index is -0.375. The molecule has 0 amide bonds. The Morgan fingerprint density at radius 1 is 1.16 bits per heavy atom. The molecule has 0 bridgehead atoms. The normalized spacial score (nSPS) is 11.8. The molecule has 0 radical (unpaired) electrons. The molecule has 2 aromatic carbocycles. The lowest BCUT2D eigenvalue weighted by Gasteiger charge is -2.35. The predicted octanol–water partition coefficient (Wildman–Crippen LogP) is 4.02. The summed E-state index contributed by atoms with van der Waals surface area (Å²) in [7, 11) is 0. The number of carbonyl (C=O) groups excluding carboxylic acids is 1. The smallest absolute Gasteiger partial charge is 0.176 e. The van der Waals surface area contributed by atoms with Gasteiger partial charge in [0.1, 0.15) is 5.75 Å². The molecule has 0 fully saturated rings. The van der Waals surface area contributed by atoms with Gasteiger partial charge in [0.25, 0.3) is 0 Å². The van der Waals surface area contributed by atoms with Gasteiger partial charge in [-0.2, -0.15) is 0 Å². The van der Waals surface area contributed by atoms with Crippen molar-refractivity contribution in [2.75, 3.05) is 6.54 Å². The standard InChI is InChI=1S/C20H24ClNO3/c1-20(2,3)22(11-14-7-5-4-6-8-14)12-18(24)15-9-16(13-23)19(25)17(21)10-15/h4-10,23,25H,11-13H2,1-3H3. The van der Waals surface area contributed by atoms with Crippen molar-refractivity contribution in [2.45, 2.75) is 39.5 Å². The van der Waals surface area contributed by atoms with Gasteiger partial charge in [-0.1, -0.05) is 41.9 Å². The molecule has 4 nitrogen and oxygen atoms in total. The highest BCUT2D eigenvalue weighted by atomic mass is 35.5. The number of benzene rings is 2. The molecule has 0 aliphatic rings. The van der Waals surface area contributed by atoms with Crippen LogP contribution in [0.1, 0.15) is 42.3 Å². The summed E-state index contributed by atoms with van der Waals surface area (Å²) in [6, 6.07) is 12.9. The average Bonchev–Trinajstić information content (AvgIpc) is 2.56. The molecule has 134 valence electrons. The van der Waals surface area contributed by atoms with Gasteiger partial charge in [0.15, 0.2) is 5.78 Å². The van der Waals surface area contributed by atoms with E-state index >= 15 is 0 Å². The number of ketones is 1. The monoisotopic (exact) mass is 361 g/mol. The maximum Gasteiger partial charge on any atom is 0.176 e. The number of carbonyl (C=O) groups is 1. The van der Waals surface area contributed by atoms with Crippen LogP contribution in [0.3, 0.4) is 0 Å². The van der Waals surface area contributed by atoms with Crippen LogP contribution in [0.25, 0.3) is 0 Å². The van der Waals surface area contributed by atoms with Crippen LogP contribution in [-0.4, -0.2) is 33.0 Å². The molecule has 0 saturated carbocycles. The van der Waals surface area contributed by atoms with Crippen LogP contribution in [0, 0.1) is 0 Å². The molecule has 2 N–H and O–H groups in total. The Balaban J connectivity index is 2.24. The second-order valence-corrected chi connectivity index (χ2v) is 7.47. The summed E-state index contributed by atoms with van der Waals surface area (Å²) in [6.07, 6.45) is 0. The summed E-state index contributed by atoms with van der Waals surface area (Å²) in [5, 5.41) is 19.2. The van der Waals surface area contributed by atoms with Crippen molar-refractivity contribution in [1.29, 1.82) is 0 Å². The van der Waals surface area contributed by atoms with Gasteiger partial charge in [0, 0.05) is 23.2 Å². The molecule has 0 heterocycles. The molecule has 0 aliphatic heterocycles. The number of phenols is 1. The van der Waals surface area contributed by atoms with Crippen molar-refractivity contribution in [3.8, 4) is 5.75 Å². The minimum Gasteiger partial charge on any atom is -0.506 e. The number of nitrogens with zero attached hydrogens (tertiary/aromatic N) is 1. The fraction of sp³-hybridized carbons (Fsp3) is 0.350. The highest BCUT2D eigenvalue weighted by Crippen LogP contribution is 2.29. The SMILES string of the molecule is CC(C)(C)N(CC(=O)c1cc(Cl)c(O)c(CO)c1)Cc1ccccc1. The fourth-order valence-electron chi connectivity index (χ4n) is 2.54. The fourth-order valence-corrected chi connectivity index (χ4v) is 2.78. The van der Waals surface area contributed by atoms with E-state index in [1.807, 2.05) is 30.3 Å². The molecule has 0 aromatic heterocycles. The number of rotatable bonds is 6. The van der Waals surface area contributed by atoms with Crippen molar-refractivity contribution in [1.82, 2.24) is 4.90 Å². The first-order valence-corrected chi connectivity index (χ1v) is 8.54. The Bertz CT molecular complexity index is 739. The van der Waals surface area contributed by atoms with Gasteiger partial charge >= 0.3 is 0 Å². The number of aliphatic hydroxyl groups excluding tert-OH is 1. The van der Waals surface area contributed by atoms with Crippen LogP contribution in [0.4, 0.5) is 0 Å². The largest absolute Gasteiger partial charge is 0.506 e. The maximum absolute atomic E-state index is 12.8. The summed E-state index contributed by atoms with van der Waals surface area (Å²) in [6.45, 7) is 6.67. The van der Waals surface area contributed by atoms with E-state index in [1.54, 1.807) is 0 Å². The molecular weight excluding hydrogens is 338 g/mol. The lowest BCUT2D eigenvalue weighted by atomic mass is 10.0. The van der Waals surface area contributed by atoms with Gasteiger partial charge in [-0.15, -0.1) is 0 Å².